The number of nitrogens with one attached hydrogen (secondary N) is 1. The molecule has 2 atom stereocenters. The summed E-state index contributed by atoms with van der Waals surface area (Å²) >= 11 is 5.67. The first kappa shape index (κ1) is 18.9. The molecule has 2 unspecified atom stereocenters. The van der Waals surface area contributed by atoms with Gasteiger partial charge in [-0.2, -0.15) is 0 Å². The molecule has 2 aromatic rings. The van der Waals surface area contributed by atoms with Gasteiger partial charge in [-0.15, -0.1) is 0 Å². The Labute approximate surface area is 161 Å². The van der Waals surface area contributed by atoms with Gasteiger partial charge in [0.05, 0.1) is 24.4 Å². The molecule has 0 aromatic carbocycles. The van der Waals surface area contributed by atoms with Crippen LogP contribution in [0.3, 0.4) is 0 Å². The fourth-order valence-electron chi connectivity index (χ4n) is 3.88. The molecule has 0 radical (unpaired) electrons. The Morgan fingerprint density at radius 3 is 2.73 bits per heavy atom. The molecule has 1 N–H and O–H groups in total. The van der Waals surface area contributed by atoms with Crippen molar-refractivity contribution in [2.45, 2.75) is 45.8 Å². The van der Waals surface area contributed by atoms with Crippen molar-refractivity contribution in [1.29, 1.82) is 0 Å². The number of aryl methyl sites for hydroxylation is 1. The van der Waals surface area contributed by atoms with Gasteiger partial charge in [-0.05, 0) is 56.2 Å². The highest BCUT2D eigenvalue weighted by Gasteiger charge is 2.40. The van der Waals surface area contributed by atoms with E-state index >= 15 is 0 Å². The van der Waals surface area contributed by atoms with Crippen molar-refractivity contribution in [3.63, 3.8) is 0 Å². The smallest absolute Gasteiger partial charge is 0.170 e. The Balaban J connectivity index is 2.03. The van der Waals surface area contributed by atoms with Crippen LogP contribution in [0.25, 0.3) is 0 Å². The third-order valence-electron chi connectivity index (χ3n) is 5.11. The van der Waals surface area contributed by atoms with E-state index < -0.39 is 0 Å². The molecule has 26 heavy (non-hydrogen) atoms. The molecule has 5 nitrogen and oxygen atoms in total. The topological polar surface area (TPSA) is 42.3 Å². The first-order chi connectivity index (χ1) is 12.6. The van der Waals surface area contributed by atoms with E-state index in [9.17, 15) is 0 Å². The average molecular weight is 373 g/mol. The second-order valence-corrected chi connectivity index (χ2v) is 7.18. The van der Waals surface area contributed by atoms with Gasteiger partial charge in [0.2, 0.25) is 0 Å². The minimum absolute atomic E-state index is 0.0617. The minimum atomic E-state index is 0.0617. The lowest BCUT2D eigenvalue weighted by Gasteiger charge is -2.27. The van der Waals surface area contributed by atoms with E-state index in [0.717, 1.165) is 30.3 Å². The number of hydrogen-bond donors (Lipinski definition) is 1. The number of hydrogen-bond acceptors (Lipinski definition) is 3. The quantitative estimate of drug-likeness (QED) is 0.753. The Morgan fingerprint density at radius 2 is 2.08 bits per heavy atom. The summed E-state index contributed by atoms with van der Waals surface area (Å²) < 4.78 is 7.62. The lowest BCUT2D eigenvalue weighted by atomic mass is 9.96. The van der Waals surface area contributed by atoms with E-state index in [4.69, 9.17) is 17.0 Å². The zero-order chi connectivity index (χ0) is 18.7. The van der Waals surface area contributed by atoms with Gasteiger partial charge >= 0.3 is 0 Å². The molecule has 0 aliphatic carbocycles. The van der Waals surface area contributed by atoms with Crippen molar-refractivity contribution in [2.24, 2.45) is 0 Å². The van der Waals surface area contributed by atoms with Crippen molar-refractivity contribution in [2.75, 3.05) is 20.3 Å². The Bertz CT molecular complexity index is 759. The molecule has 3 heterocycles. The lowest BCUT2D eigenvalue weighted by Crippen LogP contribution is -2.30. The van der Waals surface area contributed by atoms with E-state index in [2.05, 4.69) is 52.7 Å². The number of thiocarbonyl (C=S) groups is 1. The molecule has 0 bridgehead atoms. The van der Waals surface area contributed by atoms with Gasteiger partial charge < -0.3 is 19.5 Å². The SMILES string of the molecule is CCCN1C(=S)NC(c2ccccn2)C1c1cc(C)n(CCOC)c1C. The molecule has 3 rings (SSSR count). The van der Waals surface area contributed by atoms with Crippen LogP contribution >= 0.6 is 12.2 Å². The Kier molecular flexibility index (Phi) is 5.94. The van der Waals surface area contributed by atoms with Crippen LogP contribution in [0.15, 0.2) is 30.5 Å². The molecule has 0 saturated carbocycles. The Hall–Kier alpha value is -1.92. The van der Waals surface area contributed by atoms with Crippen LogP contribution in [-0.2, 0) is 11.3 Å². The number of methoxy groups -OCH3 is 1. The van der Waals surface area contributed by atoms with Crippen LogP contribution in [-0.4, -0.2) is 39.8 Å². The van der Waals surface area contributed by atoms with E-state index in [1.165, 1.54) is 17.0 Å². The maximum absolute atomic E-state index is 5.67. The Morgan fingerprint density at radius 1 is 1.27 bits per heavy atom. The highest BCUT2D eigenvalue weighted by molar-refractivity contribution is 7.80. The van der Waals surface area contributed by atoms with Gasteiger partial charge in [0.15, 0.2) is 5.11 Å². The highest BCUT2D eigenvalue weighted by atomic mass is 32.1. The van der Waals surface area contributed by atoms with Gasteiger partial charge in [-0.1, -0.05) is 13.0 Å². The normalized spacial score (nSPS) is 19.8. The van der Waals surface area contributed by atoms with E-state index in [0.29, 0.717) is 6.61 Å². The third-order valence-corrected chi connectivity index (χ3v) is 5.47. The van der Waals surface area contributed by atoms with Crippen LogP contribution in [0.1, 0.15) is 48.1 Å². The average Bonchev–Trinajstić information content (AvgIpc) is 3.11. The number of nitrogens with zero attached hydrogens (tertiary/aromatic N) is 3. The molecule has 0 spiro atoms. The van der Waals surface area contributed by atoms with Gasteiger partial charge in [0, 0.05) is 37.8 Å². The summed E-state index contributed by atoms with van der Waals surface area (Å²) in [5, 5.41) is 4.33. The summed E-state index contributed by atoms with van der Waals surface area (Å²) in [6.45, 7) is 9.04. The largest absolute Gasteiger partial charge is 0.383 e. The summed E-state index contributed by atoms with van der Waals surface area (Å²) in [4.78, 5) is 6.91. The second kappa shape index (κ2) is 8.18. The van der Waals surface area contributed by atoms with Crippen molar-refractivity contribution >= 4 is 17.3 Å². The molecule has 140 valence electrons. The summed E-state index contributed by atoms with van der Waals surface area (Å²) in [5.74, 6) is 0. The molecule has 1 aliphatic rings. The van der Waals surface area contributed by atoms with Crippen LogP contribution < -0.4 is 5.32 Å². The summed E-state index contributed by atoms with van der Waals surface area (Å²) in [6.07, 6.45) is 2.90. The van der Waals surface area contributed by atoms with Crippen LogP contribution in [0.2, 0.25) is 0 Å². The second-order valence-electron chi connectivity index (χ2n) is 6.79. The van der Waals surface area contributed by atoms with Crippen LogP contribution in [0.5, 0.6) is 0 Å². The standard InChI is InChI=1S/C20H28N4OS/c1-5-10-24-19(16-13-14(2)23(15(16)3)11-12-25-4)18(22-20(24)26)17-8-6-7-9-21-17/h6-9,13,18-19H,5,10-12H2,1-4H3,(H,22,26). The molecule has 2 aromatic heterocycles. The van der Waals surface area contributed by atoms with E-state index in [1.54, 1.807) is 7.11 Å². The maximum Gasteiger partial charge on any atom is 0.170 e. The van der Waals surface area contributed by atoms with E-state index in [1.807, 2.05) is 18.3 Å². The number of rotatable bonds is 7. The van der Waals surface area contributed by atoms with Crippen molar-refractivity contribution in [3.8, 4) is 0 Å². The van der Waals surface area contributed by atoms with Crippen LogP contribution in [0.4, 0.5) is 0 Å². The molecular formula is C20H28N4OS. The maximum atomic E-state index is 5.67. The predicted octanol–water partition coefficient (Wildman–Crippen LogP) is 3.53. The molecule has 1 saturated heterocycles. The molecular weight excluding hydrogens is 344 g/mol. The monoisotopic (exact) mass is 372 g/mol. The zero-order valence-corrected chi connectivity index (χ0v) is 16.8. The van der Waals surface area contributed by atoms with Gasteiger partial charge in [-0.25, -0.2) is 0 Å². The number of pyridine rings is 1. The minimum Gasteiger partial charge on any atom is -0.383 e. The van der Waals surface area contributed by atoms with Crippen molar-refractivity contribution in [1.82, 2.24) is 19.8 Å². The predicted molar refractivity (Wildman–Crippen MR) is 108 cm³/mol. The van der Waals surface area contributed by atoms with Crippen molar-refractivity contribution in [3.05, 3.63) is 53.1 Å². The molecule has 6 heteroatoms. The molecule has 0 amide bonds. The summed E-state index contributed by atoms with van der Waals surface area (Å²) in [5.41, 5.74) is 4.87. The zero-order valence-electron chi connectivity index (χ0n) is 16.0. The number of ether oxygens (including phenoxy) is 1. The lowest BCUT2D eigenvalue weighted by molar-refractivity contribution is 0.186. The first-order valence-corrected chi connectivity index (χ1v) is 9.63. The van der Waals surface area contributed by atoms with Gasteiger partial charge in [0.1, 0.15) is 0 Å². The van der Waals surface area contributed by atoms with Gasteiger partial charge in [0.25, 0.3) is 0 Å². The first-order valence-electron chi connectivity index (χ1n) is 9.22. The number of aromatic nitrogens is 2. The third kappa shape index (κ3) is 3.48. The fourth-order valence-corrected chi connectivity index (χ4v) is 4.21. The van der Waals surface area contributed by atoms with E-state index in [-0.39, 0.29) is 12.1 Å². The molecule has 1 aliphatic heterocycles. The fraction of sp³-hybridized carbons (Fsp3) is 0.500. The highest BCUT2D eigenvalue weighted by Crippen LogP contribution is 2.40. The van der Waals surface area contributed by atoms with Crippen molar-refractivity contribution < 1.29 is 4.74 Å². The summed E-state index contributed by atoms with van der Waals surface area (Å²) in [7, 11) is 1.74. The molecule has 1 fully saturated rings. The summed E-state index contributed by atoms with van der Waals surface area (Å²) in [6, 6.07) is 8.57. The van der Waals surface area contributed by atoms with Crippen LogP contribution in [0, 0.1) is 13.8 Å². The van der Waals surface area contributed by atoms with Gasteiger partial charge in [-0.3, -0.25) is 4.98 Å².